The molecule has 0 aliphatic heterocycles. The highest BCUT2D eigenvalue weighted by molar-refractivity contribution is 6.35. The summed E-state index contributed by atoms with van der Waals surface area (Å²) in [6.07, 6.45) is 6.44. The van der Waals surface area contributed by atoms with Gasteiger partial charge in [-0.25, -0.2) is 9.78 Å². The molecule has 0 amide bonds. The summed E-state index contributed by atoms with van der Waals surface area (Å²) in [5.41, 5.74) is -0.0660. The normalized spacial score (nSPS) is 15.4. The van der Waals surface area contributed by atoms with Crippen LogP contribution < -0.4 is 16.0 Å². The number of aromatic nitrogens is 4. The Balaban J connectivity index is 1.66. The number of ether oxygens (including phenoxy) is 1. The molecule has 1 N–H and O–H groups in total. The van der Waals surface area contributed by atoms with Crippen molar-refractivity contribution in [1.82, 2.24) is 18.7 Å². The van der Waals surface area contributed by atoms with Crippen molar-refractivity contribution in [3.8, 4) is 5.75 Å². The number of fused-ring (bicyclic) bond motifs is 1. The summed E-state index contributed by atoms with van der Waals surface area (Å²) in [5.74, 6) is 0.364. The Labute approximate surface area is 201 Å². The highest BCUT2D eigenvalue weighted by Crippen LogP contribution is 2.31. The summed E-state index contributed by atoms with van der Waals surface area (Å²) < 4.78 is 10.2. The topological polar surface area (TPSA) is 91.3 Å². The van der Waals surface area contributed by atoms with Crippen molar-refractivity contribution in [2.75, 3.05) is 6.61 Å². The van der Waals surface area contributed by atoms with Crippen LogP contribution in [0.2, 0.25) is 10.0 Å². The van der Waals surface area contributed by atoms with Gasteiger partial charge in [0, 0.05) is 17.6 Å². The van der Waals surface area contributed by atoms with E-state index in [0.717, 1.165) is 43.1 Å². The van der Waals surface area contributed by atoms with Crippen LogP contribution in [0.1, 0.15) is 51.5 Å². The molecule has 0 spiro atoms. The zero-order valence-corrected chi connectivity index (χ0v) is 20.1. The molecule has 1 saturated carbocycles. The zero-order valence-electron chi connectivity index (χ0n) is 18.5. The maximum Gasteiger partial charge on any atom is 0.332 e. The SMILES string of the molecule is CCCCn1c(=O)n(CC(O)COc2ccc(Cl)cc2Cl)c(=O)c2c1ncn2C1CCCC1. The molecule has 1 aromatic carbocycles. The van der Waals surface area contributed by atoms with Gasteiger partial charge in [0.1, 0.15) is 18.5 Å². The van der Waals surface area contributed by atoms with Crippen molar-refractivity contribution in [3.63, 3.8) is 0 Å². The van der Waals surface area contributed by atoms with Crippen LogP contribution in [-0.2, 0) is 13.1 Å². The second-order valence-electron chi connectivity index (χ2n) is 8.51. The molecule has 0 radical (unpaired) electrons. The fourth-order valence-electron chi connectivity index (χ4n) is 4.39. The van der Waals surface area contributed by atoms with E-state index in [1.54, 1.807) is 29.1 Å². The lowest BCUT2D eigenvalue weighted by atomic mass is 10.2. The first-order chi connectivity index (χ1) is 15.9. The largest absolute Gasteiger partial charge is 0.489 e. The average molecular weight is 495 g/mol. The van der Waals surface area contributed by atoms with Crippen molar-refractivity contribution in [2.45, 2.75) is 70.7 Å². The van der Waals surface area contributed by atoms with Gasteiger partial charge in [-0.15, -0.1) is 0 Å². The number of halogens is 2. The smallest absolute Gasteiger partial charge is 0.332 e. The molecular weight excluding hydrogens is 467 g/mol. The molecule has 10 heteroatoms. The molecule has 2 heterocycles. The Hall–Kier alpha value is -2.29. The first kappa shape index (κ1) is 23.9. The summed E-state index contributed by atoms with van der Waals surface area (Å²) in [7, 11) is 0. The van der Waals surface area contributed by atoms with E-state index in [4.69, 9.17) is 27.9 Å². The van der Waals surface area contributed by atoms with Gasteiger partial charge < -0.3 is 14.4 Å². The minimum atomic E-state index is -1.10. The lowest BCUT2D eigenvalue weighted by Crippen LogP contribution is -2.44. The van der Waals surface area contributed by atoms with Gasteiger partial charge in [0.2, 0.25) is 0 Å². The highest BCUT2D eigenvalue weighted by Gasteiger charge is 2.25. The van der Waals surface area contributed by atoms with E-state index < -0.39 is 17.4 Å². The Morgan fingerprint density at radius 3 is 2.67 bits per heavy atom. The summed E-state index contributed by atoms with van der Waals surface area (Å²) in [6.45, 7) is 2.17. The number of rotatable bonds is 9. The predicted molar refractivity (Wildman–Crippen MR) is 129 cm³/mol. The fourth-order valence-corrected chi connectivity index (χ4v) is 4.85. The molecule has 3 aromatic rings. The molecule has 1 unspecified atom stereocenters. The summed E-state index contributed by atoms with van der Waals surface area (Å²) in [4.78, 5) is 31.1. The molecule has 1 aliphatic carbocycles. The van der Waals surface area contributed by atoms with E-state index in [1.807, 2.05) is 11.5 Å². The maximum atomic E-state index is 13.4. The molecule has 178 valence electrons. The number of aliphatic hydroxyl groups is 1. The Morgan fingerprint density at radius 1 is 1.21 bits per heavy atom. The van der Waals surface area contributed by atoms with Crippen LogP contribution >= 0.6 is 23.2 Å². The van der Waals surface area contributed by atoms with Crippen LogP contribution in [0.3, 0.4) is 0 Å². The first-order valence-electron chi connectivity index (χ1n) is 11.4. The van der Waals surface area contributed by atoms with Crippen LogP contribution in [-0.4, -0.2) is 36.5 Å². The van der Waals surface area contributed by atoms with Crippen LogP contribution in [0.25, 0.3) is 11.2 Å². The zero-order chi connectivity index (χ0) is 23.5. The third-order valence-corrected chi connectivity index (χ3v) is 6.64. The first-order valence-corrected chi connectivity index (χ1v) is 12.1. The van der Waals surface area contributed by atoms with Gasteiger partial charge in [-0.3, -0.25) is 13.9 Å². The minimum absolute atomic E-state index is 0.137. The monoisotopic (exact) mass is 494 g/mol. The van der Waals surface area contributed by atoms with Crippen LogP contribution in [0.15, 0.2) is 34.1 Å². The van der Waals surface area contributed by atoms with Gasteiger partial charge in [0.15, 0.2) is 11.2 Å². The molecule has 0 saturated heterocycles. The third-order valence-electron chi connectivity index (χ3n) is 6.11. The van der Waals surface area contributed by atoms with Crippen molar-refractivity contribution in [2.24, 2.45) is 0 Å². The molecular formula is C23H28Cl2N4O4. The van der Waals surface area contributed by atoms with E-state index in [9.17, 15) is 14.7 Å². The van der Waals surface area contributed by atoms with Gasteiger partial charge in [-0.1, -0.05) is 49.4 Å². The molecule has 1 aliphatic rings. The Morgan fingerprint density at radius 2 is 1.97 bits per heavy atom. The number of hydrogen-bond donors (Lipinski definition) is 1. The molecule has 33 heavy (non-hydrogen) atoms. The second-order valence-corrected chi connectivity index (χ2v) is 9.35. The van der Waals surface area contributed by atoms with Crippen molar-refractivity contribution in [3.05, 3.63) is 55.4 Å². The van der Waals surface area contributed by atoms with Gasteiger partial charge >= 0.3 is 5.69 Å². The summed E-state index contributed by atoms with van der Waals surface area (Å²) in [5, 5.41) is 11.4. The Kier molecular flexibility index (Phi) is 7.46. The van der Waals surface area contributed by atoms with E-state index >= 15 is 0 Å². The molecule has 4 rings (SSSR count). The third kappa shape index (κ3) is 4.98. The van der Waals surface area contributed by atoms with Gasteiger partial charge in [0.25, 0.3) is 5.56 Å². The number of aryl methyl sites for hydroxylation is 1. The van der Waals surface area contributed by atoms with E-state index in [0.29, 0.717) is 33.5 Å². The summed E-state index contributed by atoms with van der Waals surface area (Å²) >= 11 is 12.0. The molecule has 8 nitrogen and oxygen atoms in total. The molecule has 1 fully saturated rings. The van der Waals surface area contributed by atoms with E-state index in [1.165, 1.54) is 0 Å². The fraction of sp³-hybridized carbons (Fsp3) is 0.522. The number of nitrogens with zero attached hydrogens (tertiary/aromatic N) is 4. The van der Waals surface area contributed by atoms with Gasteiger partial charge in [-0.2, -0.15) is 0 Å². The van der Waals surface area contributed by atoms with Crippen molar-refractivity contribution >= 4 is 34.4 Å². The van der Waals surface area contributed by atoms with Crippen LogP contribution in [0.4, 0.5) is 0 Å². The number of aliphatic hydroxyl groups excluding tert-OH is 1. The van der Waals surface area contributed by atoms with Crippen molar-refractivity contribution in [1.29, 1.82) is 0 Å². The Bertz CT molecular complexity index is 1240. The van der Waals surface area contributed by atoms with Gasteiger partial charge in [0.05, 0.1) is 17.9 Å². The van der Waals surface area contributed by atoms with E-state index in [-0.39, 0.29) is 19.2 Å². The highest BCUT2D eigenvalue weighted by atomic mass is 35.5. The van der Waals surface area contributed by atoms with Crippen LogP contribution in [0.5, 0.6) is 5.75 Å². The average Bonchev–Trinajstić information content (AvgIpc) is 3.46. The lowest BCUT2D eigenvalue weighted by molar-refractivity contribution is 0.0902. The number of unbranched alkanes of at least 4 members (excludes halogenated alkanes) is 1. The number of hydrogen-bond acceptors (Lipinski definition) is 5. The van der Waals surface area contributed by atoms with Crippen molar-refractivity contribution < 1.29 is 9.84 Å². The minimum Gasteiger partial charge on any atom is -0.489 e. The van der Waals surface area contributed by atoms with Gasteiger partial charge in [-0.05, 0) is 37.5 Å². The quantitative estimate of drug-likeness (QED) is 0.484. The lowest BCUT2D eigenvalue weighted by Gasteiger charge is -2.17. The second kappa shape index (κ2) is 10.3. The van der Waals surface area contributed by atoms with Crippen LogP contribution in [0, 0.1) is 0 Å². The van der Waals surface area contributed by atoms with E-state index in [2.05, 4.69) is 4.98 Å². The maximum absolute atomic E-state index is 13.4. The number of imidazole rings is 1. The summed E-state index contributed by atoms with van der Waals surface area (Å²) in [6, 6.07) is 4.98. The molecule has 1 atom stereocenters. The predicted octanol–water partition coefficient (Wildman–Crippen LogP) is 4.02. The molecule has 0 bridgehead atoms. The standard InChI is InChI=1S/C23H28Cl2N4O4/c1-2-3-10-27-21-20(29(14-26-21)16-6-4-5-7-16)22(31)28(23(27)32)12-17(30)13-33-19-9-8-15(24)11-18(19)25/h8-9,11,14,16-17,30H,2-7,10,12-13H2,1H3. The molecule has 2 aromatic heterocycles. The number of benzene rings is 1.